The van der Waals surface area contributed by atoms with Crippen LogP contribution in [0.3, 0.4) is 0 Å². The standard InChI is InChI=1S/C11H15ClN4O/c1-11(10(13)17)2-3-16(7-11)6-8-4-15-9(12)5-14-8/h4-5H,2-3,6-7H2,1H3,(H2,13,17). The third-order valence-corrected chi connectivity index (χ3v) is 3.40. The van der Waals surface area contributed by atoms with Crippen molar-refractivity contribution in [3.8, 4) is 0 Å². The van der Waals surface area contributed by atoms with Crippen molar-refractivity contribution in [2.75, 3.05) is 13.1 Å². The molecule has 1 aromatic rings. The Hall–Kier alpha value is -1.20. The summed E-state index contributed by atoms with van der Waals surface area (Å²) in [6.07, 6.45) is 3.98. The van der Waals surface area contributed by atoms with Crippen molar-refractivity contribution in [1.82, 2.24) is 14.9 Å². The normalized spacial score (nSPS) is 25.1. The summed E-state index contributed by atoms with van der Waals surface area (Å²) in [5.74, 6) is -0.234. The zero-order valence-electron chi connectivity index (χ0n) is 9.69. The summed E-state index contributed by atoms with van der Waals surface area (Å²) < 4.78 is 0. The largest absolute Gasteiger partial charge is 0.369 e. The van der Waals surface area contributed by atoms with E-state index in [0.717, 1.165) is 18.7 Å². The number of amides is 1. The van der Waals surface area contributed by atoms with Gasteiger partial charge in [0.1, 0.15) is 5.15 Å². The van der Waals surface area contributed by atoms with Gasteiger partial charge in [0, 0.05) is 13.1 Å². The van der Waals surface area contributed by atoms with Crippen LogP contribution in [0.15, 0.2) is 12.4 Å². The molecule has 1 aliphatic heterocycles. The summed E-state index contributed by atoms with van der Waals surface area (Å²) in [5.41, 5.74) is 5.83. The number of nitrogens with zero attached hydrogens (tertiary/aromatic N) is 3. The minimum absolute atomic E-state index is 0.234. The maximum atomic E-state index is 11.3. The molecule has 2 rings (SSSR count). The topological polar surface area (TPSA) is 72.1 Å². The van der Waals surface area contributed by atoms with E-state index in [1.165, 1.54) is 6.20 Å². The summed E-state index contributed by atoms with van der Waals surface area (Å²) in [7, 11) is 0. The monoisotopic (exact) mass is 254 g/mol. The summed E-state index contributed by atoms with van der Waals surface area (Å²) in [6.45, 7) is 4.10. The second-order valence-corrected chi connectivity index (χ2v) is 5.10. The number of halogens is 1. The molecule has 2 heterocycles. The van der Waals surface area contributed by atoms with E-state index in [9.17, 15) is 4.79 Å². The van der Waals surface area contributed by atoms with Gasteiger partial charge >= 0.3 is 0 Å². The Morgan fingerprint density at radius 3 is 2.88 bits per heavy atom. The lowest BCUT2D eigenvalue weighted by molar-refractivity contribution is -0.126. The zero-order chi connectivity index (χ0) is 12.5. The summed E-state index contributed by atoms with van der Waals surface area (Å²) in [5, 5.41) is 0.386. The lowest BCUT2D eigenvalue weighted by Gasteiger charge is -2.20. The number of hydrogen-bond donors (Lipinski definition) is 1. The second-order valence-electron chi connectivity index (χ2n) is 4.72. The predicted molar refractivity (Wildman–Crippen MR) is 64.2 cm³/mol. The van der Waals surface area contributed by atoms with Gasteiger partial charge in [-0.25, -0.2) is 4.98 Å². The van der Waals surface area contributed by atoms with Gasteiger partial charge in [-0.2, -0.15) is 0 Å². The number of carbonyl (C=O) groups excluding carboxylic acids is 1. The first kappa shape index (κ1) is 12.3. The molecule has 1 atom stereocenters. The highest BCUT2D eigenvalue weighted by atomic mass is 35.5. The van der Waals surface area contributed by atoms with Crippen molar-refractivity contribution >= 4 is 17.5 Å². The first-order valence-corrected chi connectivity index (χ1v) is 5.86. The average molecular weight is 255 g/mol. The maximum absolute atomic E-state index is 11.3. The van der Waals surface area contributed by atoms with Crippen LogP contribution in [0.25, 0.3) is 0 Å². The minimum Gasteiger partial charge on any atom is -0.369 e. The van der Waals surface area contributed by atoms with E-state index < -0.39 is 5.41 Å². The lowest BCUT2D eigenvalue weighted by Crippen LogP contribution is -2.37. The van der Waals surface area contributed by atoms with E-state index >= 15 is 0 Å². The highest BCUT2D eigenvalue weighted by Gasteiger charge is 2.38. The van der Waals surface area contributed by atoms with Gasteiger partial charge in [-0.15, -0.1) is 0 Å². The van der Waals surface area contributed by atoms with Gasteiger partial charge < -0.3 is 5.73 Å². The Morgan fingerprint density at radius 2 is 2.35 bits per heavy atom. The van der Waals surface area contributed by atoms with Crippen molar-refractivity contribution < 1.29 is 4.79 Å². The number of rotatable bonds is 3. The van der Waals surface area contributed by atoms with Gasteiger partial charge in [-0.3, -0.25) is 14.7 Å². The molecule has 1 aliphatic rings. The molecule has 17 heavy (non-hydrogen) atoms. The number of nitrogens with two attached hydrogens (primary N) is 1. The fourth-order valence-electron chi connectivity index (χ4n) is 2.04. The maximum Gasteiger partial charge on any atom is 0.224 e. The van der Waals surface area contributed by atoms with Crippen molar-refractivity contribution in [2.45, 2.75) is 19.9 Å². The molecule has 92 valence electrons. The SMILES string of the molecule is CC1(C(N)=O)CCN(Cc2cnc(Cl)cn2)C1. The van der Waals surface area contributed by atoms with Crippen LogP contribution in [-0.2, 0) is 11.3 Å². The van der Waals surface area contributed by atoms with Gasteiger partial charge in [-0.1, -0.05) is 11.6 Å². The number of likely N-dealkylation sites (tertiary alicyclic amines) is 1. The van der Waals surface area contributed by atoms with E-state index in [0.29, 0.717) is 18.2 Å². The van der Waals surface area contributed by atoms with Gasteiger partial charge in [0.25, 0.3) is 0 Å². The van der Waals surface area contributed by atoms with E-state index in [4.69, 9.17) is 17.3 Å². The Balaban J connectivity index is 1.98. The van der Waals surface area contributed by atoms with E-state index in [1.807, 2.05) is 6.92 Å². The molecule has 0 aromatic carbocycles. The predicted octanol–water partition coefficient (Wildman–Crippen LogP) is 0.827. The molecule has 1 aromatic heterocycles. The molecule has 2 N–H and O–H groups in total. The van der Waals surface area contributed by atoms with Crippen LogP contribution >= 0.6 is 11.6 Å². The Morgan fingerprint density at radius 1 is 1.59 bits per heavy atom. The number of carbonyl (C=O) groups is 1. The first-order chi connectivity index (χ1) is 7.99. The van der Waals surface area contributed by atoms with Crippen molar-refractivity contribution in [3.63, 3.8) is 0 Å². The molecular weight excluding hydrogens is 240 g/mol. The third-order valence-electron chi connectivity index (χ3n) is 3.21. The van der Waals surface area contributed by atoms with Crippen molar-refractivity contribution in [2.24, 2.45) is 11.1 Å². The second kappa shape index (κ2) is 4.58. The van der Waals surface area contributed by atoms with Gasteiger partial charge in [0.05, 0.1) is 23.5 Å². The summed E-state index contributed by atoms with van der Waals surface area (Å²) in [6, 6.07) is 0. The van der Waals surface area contributed by atoms with E-state index in [1.54, 1.807) is 6.20 Å². The third kappa shape index (κ3) is 2.73. The summed E-state index contributed by atoms with van der Waals surface area (Å²) in [4.78, 5) is 21.6. The van der Waals surface area contributed by atoms with Crippen LogP contribution in [0.2, 0.25) is 5.15 Å². The van der Waals surface area contributed by atoms with Crippen LogP contribution in [0.5, 0.6) is 0 Å². The number of primary amides is 1. The summed E-state index contributed by atoms with van der Waals surface area (Å²) >= 11 is 5.67. The molecule has 1 saturated heterocycles. The van der Waals surface area contributed by atoms with Crippen LogP contribution in [0.1, 0.15) is 19.0 Å². The highest BCUT2D eigenvalue weighted by Crippen LogP contribution is 2.30. The van der Waals surface area contributed by atoms with Crippen molar-refractivity contribution in [1.29, 1.82) is 0 Å². The Labute approximate surface area is 105 Å². The molecular formula is C11H15ClN4O. The van der Waals surface area contributed by atoms with Gasteiger partial charge in [0.15, 0.2) is 0 Å². The Bertz CT molecular complexity index is 422. The fraction of sp³-hybridized carbons (Fsp3) is 0.545. The minimum atomic E-state index is -0.417. The molecule has 5 nitrogen and oxygen atoms in total. The first-order valence-electron chi connectivity index (χ1n) is 5.48. The van der Waals surface area contributed by atoms with Gasteiger partial charge in [-0.05, 0) is 19.9 Å². The molecule has 6 heteroatoms. The number of aromatic nitrogens is 2. The van der Waals surface area contributed by atoms with E-state index in [-0.39, 0.29) is 5.91 Å². The molecule has 0 bridgehead atoms. The van der Waals surface area contributed by atoms with Crippen LogP contribution < -0.4 is 5.73 Å². The fourth-order valence-corrected chi connectivity index (χ4v) is 2.14. The molecule has 0 spiro atoms. The number of hydrogen-bond acceptors (Lipinski definition) is 4. The van der Waals surface area contributed by atoms with E-state index in [2.05, 4.69) is 14.9 Å². The quantitative estimate of drug-likeness (QED) is 0.867. The molecule has 0 saturated carbocycles. The Kier molecular flexibility index (Phi) is 3.31. The highest BCUT2D eigenvalue weighted by molar-refractivity contribution is 6.29. The molecule has 1 amide bonds. The molecule has 0 radical (unpaired) electrons. The molecule has 1 unspecified atom stereocenters. The molecule has 1 fully saturated rings. The van der Waals surface area contributed by atoms with Gasteiger partial charge in [0.2, 0.25) is 5.91 Å². The smallest absolute Gasteiger partial charge is 0.224 e. The average Bonchev–Trinajstić information content (AvgIpc) is 2.65. The van der Waals surface area contributed by atoms with Crippen LogP contribution in [0.4, 0.5) is 0 Å². The zero-order valence-corrected chi connectivity index (χ0v) is 10.4. The van der Waals surface area contributed by atoms with Crippen LogP contribution in [0, 0.1) is 5.41 Å². The molecule has 0 aliphatic carbocycles. The van der Waals surface area contributed by atoms with Crippen molar-refractivity contribution in [3.05, 3.63) is 23.2 Å². The lowest BCUT2D eigenvalue weighted by atomic mass is 9.89. The van der Waals surface area contributed by atoms with Crippen LogP contribution in [-0.4, -0.2) is 33.9 Å².